The molecule has 126 valence electrons. The Balaban J connectivity index is 0.00000220. The van der Waals surface area contributed by atoms with E-state index in [-0.39, 0.29) is 30.7 Å². The zero-order chi connectivity index (χ0) is 14.4. The summed E-state index contributed by atoms with van der Waals surface area (Å²) in [6, 6.07) is 8.39. The molecule has 4 N–H and O–H groups in total. The molecule has 1 saturated heterocycles. The Bertz CT molecular complexity index is 460. The van der Waals surface area contributed by atoms with Gasteiger partial charge in [0.25, 0.3) is 0 Å². The van der Waals surface area contributed by atoms with E-state index in [0.29, 0.717) is 19.6 Å². The van der Waals surface area contributed by atoms with E-state index in [1.807, 2.05) is 6.07 Å². The Morgan fingerprint density at radius 1 is 1.36 bits per heavy atom. The Morgan fingerprint density at radius 2 is 2.09 bits per heavy atom. The molecule has 0 radical (unpaired) electrons. The molecule has 1 fully saturated rings. The van der Waals surface area contributed by atoms with Gasteiger partial charge in [0.2, 0.25) is 0 Å². The van der Waals surface area contributed by atoms with Crippen LogP contribution in [0.4, 0.5) is 0 Å². The number of nitrogens with two attached hydrogens (primary N) is 1. The molecule has 22 heavy (non-hydrogen) atoms. The van der Waals surface area contributed by atoms with Crippen molar-refractivity contribution in [3.63, 3.8) is 0 Å². The number of nitrogens with zero attached hydrogens (tertiary/aromatic N) is 1. The molecule has 1 aliphatic heterocycles. The number of carbonyl (C=O) groups is 1. The maximum Gasteiger partial charge on any atom is 0.309 e. The Kier molecular flexibility index (Phi) is 10.4. The highest BCUT2D eigenvalue weighted by Gasteiger charge is 2.23. The van der Waals surface area contributed by atoms with Gasteiger partial charge in [-0.3, -0.25) is 9.69 Å². The third-order valence-electron chi connectivity index (χ3n) is 3.65. The second-order valence-corrected chi connectivity index (χ2v) is 5.33. The van der Waals surface area contributed by atoms with Gasteiger partial charge in [0.1, 0.15) is 0 Å². The summed E-state index contributed by atoms with van der Waals surface area (Å²) in [6.45, 7) is 4.32. The molecular weight excluding hydrogens is 325 g/mol. The highest BCUT2D eigenvalue weighted by Crippen LogP contribution is 2.12. The van der Waals surface area contributed by atoms with E-state index >= 15 is 0 Å². The smallest absolute Gasteiger partial charge is 0.309 e. The van der Waals surface area contributed by atoms with Gasteiger partial charge in [-0.2, -0.15) is 0 Å². The fourth-order valence-electron chi connectivity index (χ4n) is 2.60. The molecule has 1 aromatic rings. The number of aliphatic carboxylic acids is 1. The maximum atomic E-state index is 11.2. The number of benzene rings is 1. The van der Waals surface area contributed by atoms with Gasteiger partial charge in [0.15, 0.2) is 0 Å². The van der Waals surface area contributed by atoms with Gasteiger partial charge in [0, 0.05) is 32.7 Å². The molecule has 2 rings (SSSR count). The van der Waals surface area contributed by atoms with Crippen LogP contribution in [0.25, 0.3) is 0 Å². The first-order valence-corrected chi connectivity index (χ1v) is 7.13. The van der Waals surface area contributed by atoms with E-state index in [2.05, 4.69) is 28.4 Å². The van der Waals surface area contributed by atoms with Crippen molar-refractivity contribution in [2.24, 2.45) is 11.7 Å². The average molecular weight is 350 g/mol. The van der Waals surface area contributed by atoms with Crippen LogP contribution in [0.5, 0.6) is 0 Å². The topological polar surface area (TPSA) is 78.6 Å². The third-order valence-corrected chi connectivity index (χ3v) is 3.65. The maximum absolute atomic E-state index is 11.2. The monoisotopic (exact) mass is 349 g/mol. The lowest BCUT2D eigenvalue weighted by Gasteiger charge is -2.22. The summed E-state index contributed by atoms with van der Waals surface area (Å²) in [7, 11) is 0. The van der Waals surface area contributed by atoms with Gasteiger partial charge in [-0.25, -0.2) is 0 Å². The number of carboxylic acid groups (broad SMARTS) is 1. The van der Waals surface area contributed by atoms with Crippen LogP contribution < -0.4 is 11.1 Å². The van der Waals surface area contributed by atoms with Crippen LogP contribution in [-0.2, 0) is 17.8 Å². The molecular formula is C15H25Cl2N3O2. The molecule has 0 bridgehead atoms. The number of hydrogen-bond donors (Lipinski definition) is 3. The SMILES string of the molecule is Cl.Cl.NCCc1cccc(CN2CCNCC(C(=O)O)C2)c1. The van der Waals surface area contributed by atoms with Crippen molar-refractivity contribution in [1.82, 2.24) is 10.2 Å². The Hall–Kier alpha value is -0.850. The van der Waals surface area contributed by atoms with Crippen LogP contribution >= 0.6 is 24.8 Å². The van der Waals surface area contributed by atoms with Crippen molar-refractivity contribution in [3.8, 4) is 0 Å². The van der Waals surface area contributed by atoms with Crippen LogP contribution in [-0.4, -0.2) is 48.7 Å². The molecule has 1 atom stereocenters. The molecule has 0 spiro atoms. The Labute approximate surface area is 144 Å². The molecule has 1 unspecified atom stereocenters. The molecule has 5 nitrogen and oxygen atoms in total. The Morgan fingerprint density at radius 3 is 2.77 bits per heavy atom. The number of nitrogens with one attached hydrogen (secondary N) is 1. The van der Waals surface area contributed by atoms with Gasteiger partial charge in [-0.15, -0.1) is 24.8 Å². The minimum absolute atomic E-state index is 0. The molecule has 0 aromatic heterocycles. The summed E-state index contributed by atoms with van der Waals surface area (Å²) >= 11 is 0. The highest BCUT2D eigenvalue weighted by atomic mass is 35.5. The second-order valence-electron chi connectivity index (χ2n) is 5.33. The molecule has 7 heteroatoms. The first kappa shape index (κ1) is 21.1. The lowest BCUT2D eigenvalue weighted by molar-refractivity contribution is -0.142. The first-order chi connectivity index (χ1) is 9.69. The normalized spacial score (nSPS) is 18.7. The zero-order valence-corrected chi connectivity index (χ0v) is 14.2. The average Bonchev–Trinajstić information content (AvgIpc) is 2.65. The van der Waals surface area contributed by atoms with Crippen LogP contribution in [0, 0.1) is 5.92 Å². The predicted molar refractivity (Wildman–Crippen MR) is 93.0 cm³/mol. The van der Waals surface area contributed by atoms with Crippen LogP contribution in [0.3, 0.4) is 0 Å². The molecule has 1 heterocycles. The summed E-state index contributed by atoms with van der Waals surface area (Å²) in [5.41, 5.74) is 8.05. The van der Waals surface area contributed by atoms with E-state index < -0.39 is 5.97 Å². The summed E-state index contributed by atoms with van der Waals surface area (Å²) in [4.78, 5) is 13.4. The van der Waals surface area contributed by atoms with Crippen LogP contribution in [0.1, 0.15) is 11.1 Å². The molecule has 0 saturated carbocycles. The van der Waals surface area contributed by atoms with Crippen molar-refractivity contribution in [2.75, 3.05) is 32.7 Å². The lowest BCUT2D eigenvalue weighted by Crippen LogP contribution is -2.33. The number of carboxylic acids is 1. The third kappa shape index (κ3) is 6.50. The van der Waals surface area contributed by atoms with Crippen LogP contribution in [0.2, 0.25) is 0 Å². The minimum atomic E-state index is -0.721. The van der Waals surface area contributed by atoms with Gasteiger partial charge in [0.05, 0.1) is 5.92 Å². The van der Waals surface area contributed by atoms with E-state index in [1.165, 1.54) is 11.1 Å². The number of rotatable bonds is 5. The van der Waals surface area contributed by atoms with Crippen molar-refractivity contribution in [2.45, 2.75) is 13.0 Å². The fraction of sp³-hybridized carbons (Fsp3) is 0.533. The van der Waals surface area contributed by atoms with Gasteiger partial charge < -0.3 is 16.2 Å². The van der Waals surface area contributed by atoms with E-state index in [9.17, 15) is 9.90 Å². The van der Waals surface area contributed by atoms with Crippen molar-refractivity contribution < 1.29 is 9.90 Å². The van der Waals surface area contributed by atoms with Crippen molar-refractivity contribution in [3.05, 3.63) is 35.4 Å². The lowest BCUT2D eigenvalue weighted by atomic mass is 10.1. The highest BCUT2D eigenvalue weighted by molar-refractivity contribution is 5.85. The summed E-state index contributed by atoms with van der Waals surface area (Å²) in [5, 5.41) is 12.4. The first-order valence-electron chi connectivity index (χ1n) is 7.13. The summed E-state index contributed by atoms with van der Waals surface area (Å²) in [6.07, 6.45) is 0.882. The second kappa shape index (κ2) is 10.8. The van der Waals surface area contributed by atoms with Gasteiger partial charge >= 0.3 is 5.97 Å². The van der Waals surface area contributed by atoms with Gasteiger partial charge in [-0.05, 0) is 24.1 Å². The van der Waals surface area contributed by atoms with Crippen molar-refractivity contribution in [1.29, 1.82) is 0 Å². The number of halogens is 2. The largest absolute Gasteiger partial charge is 0.481 e. The number of hydrogen-bond acceptors (Lipinski definition) is 4. The summed E-state index contributed by atoms with van der Waals surface area (Å²) in [5.74, 6) is -1.05. The molecule has 0 amide bonds. The fourth-order valence-corrected chi connectivity index (χ4v) is 2.60. The molecule has 0 aliphatic carbocycles. The summed E-state index contributed by atoms with van der Waals surface area (Å²) < 4.78 is 0. The van der Waals surface area contributed by atoms with E-state index in [4.69, 9.17) is 5.73 Å². The van der Waals surface area contributed by atoms with Crippen LogP contribution in [0.15, 0.2) is 24.3 Å². The standard InChI is InChI=1S/C15H23N3O2.2ClH/c16-5-4-12-2-1-3-13(8-12)10-18-7-6-17-9-14(11-18)15(19)20;;/h1-3,8,14,17H,4-7,9-11,16H2,(H,19,20);2*1H. The quantitative estimate of drug-likeness (QED) is 0.742. The zero-order valence-electron chi connectivity index (χ0n) is 12.5. The molecule has 1 aromatic carbocycles. The van der Waals surface area contributed by atoms with E-state index in [1.54, 1.807) is 0 Å². The minimum Gasteiger partial charge on any atom is -0.481 e. The predicted octanol–water partition coefficient (Wildman–Crippen LogP) is 1.14. The van der Waals surface area contributed by atoms with E-state index in [0.717, 1.165) is 26.1 Å². The molecule has 1 aliphatic rings. The van der Waals surface area contributed by atoms with Crippen molar-refractivity contribution >= 4 is 30.8 Å². The van der Waals surface area contributed by atoms with Gasteiger partial charge in [-0.1, -0.05) is 24.3 Å².